The van der Waals surface area contributed by atoms with Crippen LogP contribution in [0.2, 0.25) is 0 Å². The summed E-state index contributed by atoms with van der Waals surface area (Å²) in [5.74, 6) is 0.730. The Kier molecular flexibility index (Phi) is 4.38. The van der Waals surface area contributed by atoms with Crippen molar-refractivity contribution in [3.05, 3.63) is 0 Å². The van der Waals surface area contributed by atoms with Crippen LogP contribution in [0.1, 0.15) is 45.4 Å². The number of hydrogen-bond acceptors (Lipinski definition) is 2. The molecule has 4 heteroatoms. The maximum atomic E-state index is 11.0. The van der Waals surface area contributed by atoms with Crippen LogP contribution >= 0.6 is 0 Å². The van der Waals surface area contributed by atoms with E-state index in [2.05, 4.69) is 4.72 Å². The summed E-state index contributed by atoms with van der Waals surface area (Å²) >= 11 is 0. The van der Waals surface area contributed by atoms with Gasteiger partial charge in [0, 0.05) is 6.04 Å². The molecule has 1 aliphatic rings. The topological polar surface area (TPSA) is 46.2 Å². The Morgan fingerprint density at radius 2 is 1.86 bits per heavy atom. The average molecular weight is 219 g/mol. The lowest BCUT2D eigenvalue weighted by Gasteiger charge is -2.24. The molecule has 1 atom stereocenters. The van der Waals surface area contributed by atoms with Gasteiger partial charge in [0.15, 0.2) is 0 Å². The minimum atomic E-state index is -3.02. The third kappa shape index (κ3) is 4.96. The van der Waals surface area contributed by atoms with Crippen LogP contribution in [-0.2, 0) is 10.0 Å². The fourth-order valence-electron chi connectivity index (χ4n) is 2.34. The third-order valence-corrected chi connectivity index (χ3v) is 3.66. The molecule has 0 unspecified atom stereocenters. The van der Waals surface area contributed by atoms with Gasteiger partial charge in [0.05, 0.1) is 6.26 Å². The van der Waals surface area contributed by atoms with Crippen LogP contribution in [-0.4, -0.2) is 20.7 Å². The molecule has 1 rings (SSSR count). The van der Waals surface area contributed by atoms with E-state index < -0.39 is 10.0 Å². The van der Waals surface area contributed by atoms with Crippen molar-refractivity contribution in [3.8, 4) is 0 Å². The van der Waals surface area contributed by atoms with Crippen LogP contribution in [0.4, 0.5) is 0 Å². The van der Waals surface area contributed by atoms with Gasteiger partial charge in [0.25, 0.3) is 0 Å². The lowest BCUT2D eigenvalue weighted by Crippen LogP contribution is -2.33. The monoisotopic (exact) mass is 219 g/mol. The molecule has 0 spiro atoms. The van der Waals surface area contributed by atoms with Gasteiger partial charge in [-0.15, -0.1) is 0 Å². The van der Waals surface area contributed by atoms with Crippen LogP contribution in [0.15, 0.2) is 0 Å². The highest BCUT2D eigenvalue weighted by molar-refractivity contribution is 7.88. The Morgan fingerprint density at radius 1 is 1.29 bits per heavy atom. The fourth-order valence-corrected chi connectivity index (χ4v) is 3.16. The van der Waals surface area contributed by atoms with Gasteiger partial charge in [-0.05, 0) is 19.3 Å². The molecule has 0 aromatic rings. The summed E-state index contributed by atoms with van der Waals surface area (Å²) in [6.07, 6.45) is 8.75. The van der Waals surface area contributed by atoms with Gasteiger partial charge in [-0.3, -0.25) is 0 Å². The molecule has 84 valence electrons. The molecule has 1 fully saturated rings. The molecule has 0 aliphatic heterocycles. The van der Waals surface area contributed by atoms with Crippen LogP contribution < -0.4 is 4.72 Å². The summed E-state index contributed by atoms with van der Waals surface area (Å²) in [7, 11) is -3.02. The maximum absolute atomic E-state index is 11.0. The molecule has 0 amide bonds. The van der Waals surface area contributed by atoms with E-state index in [1.54, 1.807) is 0 Å². The second kappa shape index (κ2) is 5.12. The highest BCUT2D eigenvalue weighted by Gasteiger charge is 2.17. The largest absolute Gasteiger partial charge is 0.213 e. The smallest absolute Gasteiger partial charge is 0.208 e. The van der Waals surface area contributed by atoms with Crippen molar-refractivity contribution in [2.75, 3.05) is 6.26 Å². The average Bonchev–Trinajstić information content (AvgIpc) is 2.02. The Labute approximate surface area is 87.3 Å². The molecular weight excluding hydrogens is 198 g/mol. The third-order valence-electron chi connectivity index (χ3n) is 2.83. The lowest BCUT2D eigenvalue weighted by molar-refractivity contribution is 0.317. The summed E-state index contributed by atoms with van der Waals surface area (Å²) < 4.78 is 24.6. The minimum absolute atomic E-state index is 0.0908. The lowest BCUT2D eigenvalue weighted by atomic mass is 9.85. The highest BCUT2D eigenvalue weighted by Crippen LogP contribution is 2.27. The summed E-state index contributed by atoms with van der Waals surface area (Å²) in [5, 5.41) is 0. The van der Waals surface area contributed by atoms with Crippen LogP contribution in [0, 0.1) is 5.92 Å². The van der Waals surface area contributed by atoms with Crippen molar-refractivity contribution in [3.63, 3.8) is 0 Å². The molecule has 0 heterocycles. The Balaban J connectivity index is 2.28. The summed E-state index contributed by atoms with van der Waals surface area (Å²) in [6, 6.07) is 0.0908. The number of nitrogens with one attached hydrogen (secondary N) is 1. The molecule has 1 aliphatic carbocycles. The van der Waals surface area contributed by atoms with Crippen LogP contribution in [0.5, 0.6) is 0 Å². The van der Waals surface area contributed by atoms with Crippen molar-refractivity contribution in [1.29, 1.82) is 0 Å². The first-order valence-electron chi connectivity index (χ1n) is 5.44. The first kappa shape index (κ1) is 12.0. The molecule has 0 aromatic carbocycles. The van der Waals surface area contributed by atoms with E-state index in [9.17, 15) is 8.42 Å². The second-order valence-electron chi connectivity index (χ2n) is 4.53. The van der Waals surface area contributed by atoms with Crippen molar-refractivity contribution < 1.29 is 8.42 Å². The minimum Gasteiger partial charge on any atom is -0.213 e. The quantitative estimate of drug-likeness (QED) is 0.785. The maximum Gasteiger partial charge on any atom is 0.208 e. The summed E-state index contributed by atoms with van der Waals surface area (Å²) in [5.41, 5.74) is 0. The zero-order valence-electron chi connectivity index (χ0n) is 9.12. The van der Waals surface area contributed by atoms with E-state index in [-0.39, 0.29) is 6.04 Å². The first-order chi connectivity index (χ1) is 6.47. The van der Waals surface area contributed by atoms with E-state index in [1.807, 2.05) is 6.92 Å². The van der Waals surface area contributed by atoms with Gasteiger partial charge < -0.3 is 0 Å². The molecule has 3 nitrogen and oxygen atoms in total. The van der Waals surface area contributed by atoms with E-state index in [0.29, 0.717) is 0 Å². The van der Waals surface area contributed by atoms with E-state index in [1.165, 1.54) is 38.4 Å². The first-order valence-corrected chi connectivity index (χ1v) is 7.34. The summed E-state index contributed by atoms with van der Waals surface area (Å²) in [4.78, 5) is 0. The zero-order chi connectivity index (χ0) is 10.6. The van der Waals surface area contributed by atoms with Gasteiger partial charge in [0.1, 0.15) is 0 Å². The SMILES string of the molecule is C[C@H](CC1CCCCC1)NS(C)(=O)=O. The number of rotatable bonds is 4. The van der Waals surface area contributed by atoms with Gasteiger partial charge >= 0.3 is 0 Å². The van der Waals surface area contributed by atoms with E-state index in [4.69, 9.17) is 0 Å². The van der Waals surface area contributed by atoms with Crippen molar-refractivity contribution in [2.24, 2.45) is 5.92 Å². The second-order valence-corrected chi connectivity index (χ2v) is 6.31. The van der Waals surface area contributed by atoms with Crippen molar-refractivity contribution in [2.45, 2.75) is 51.5 Å². The zero-order valence-corrected chi connectivity index (χ0v) is 9.94. The molecule has 0 bridgehead atoms. The van der Waals surface area contributed by atoms with Crippen molar-refractivity contribution in [1.82, 2.24) is 4.72 Å². The Morgan fingerprint density at radius 3 is 2.36 bits per heavy atom. The molecule has 0 aromatic heterocycles. The molecular formula is C10H21NO2S. The van der Waals surface area contributed by atoms with Gasteiger partial charge in [0.2, 0.25) is 10.0 Å². The molecule has 1 saturated carbocycles. The van der Waals surface area contributed by atoms with E-state index in [0.717, 1.165) is 12.3 Å². The normalized spacial score (nSPS) is 22.1. The highest BCUT2D eigenvalue weighted by atomic mass is 32.2. The number of hydrogen-bond donors (Lipinski definition) is 1. The van der Waals surface area contributed by atoms with Crippen LogP contribution in [0.3, 0.4) is 0 Å². The van der Waals surface area contributed by atoms with Gasteiger partial charge in [-0.2, -0.15) is 0 Å². The predicted molar refractivity (Wildman–Crippen MR) is 58.6 cm³/mol. The van der Waals surface area contributed by atoms with E-state index >= 15 is 0 Å². The molecule has 0 radical (unpaired) electrons. The van der Waals surface area contributed by atoms with Gasteiger partial charge in [-0.1, -0.05) is 32.1 Å². The summed E-state index contributed by atoms with van der Waals surface area (Å²) in [6.45, 7) is 1.95. The van der Waals surface area contributed by atoms with Gasteiger partial charge in [-0.25, -0.2) is 13.1 Å². The molecule has 0 saturated heterocycles. The number of sulfonamides is 1. The van der Waals surface area contributed by atoms with Crippen molar-refractivity contribution >= 4 is 10.0 Å². The standard InChI is InChI=1S/C10H21NO2S/c1-9(11-14(2,12)13)8-10-6-4-3-5-7-10/h9-11H,3-8H2,1-2H3/t9-/m1/s1. The fraction of sp³-hybridized carbons (Fsp3) is 1.00. The molecule has 1 N–H and O–H groups in total. The Hall–Kier alpha value is -0.0900. The predicted octanol–water partition coefficient (Wildman–Crippen LogP) is 1.89. The molecule has 14 heavy (non-hydrogen) atoms. The Bertz CT molecular complexity index is 255. The van der Waals surface area contributed by atoms with Crippen LogP contribution in [0.25, 0.3) is 0 Å².